The maximum absolute atomic E-state index is 13.9. The van der Waals surface area contributed by atoms with Gasteiger partial charge in [0.05, 0.1) is 6.61 Å². The second-order valence-electron chi connectivity index (χ2n) is 8.23. The van der Waals surface area contributed by atoms with Crippen LogP contribution < -0.4 is 4.74 Å². The molecule has 1 heterocycles. The fraction of sp³-hybridized carbons (Fsp3) is 0.455. The van der Waals surface area contributed by atoms with Crippen molar-refractivity contribution in [3.05, 3.63) is 58.1 Å². The molecule has 0 bridgehead atoms. The van der Waals surface area contributed by atoms with Crippen molar-refractivity contribution in [2.75, 3.05) is 12.4 Å². The van der Waals surface area contributed by atoms with Crippen molar-refractivity contribution in [3.63, 3.8) is 0 Å². The summed E-state index contributed by atoms with van der Waals surface area (Å²) in [6.07, 6.45) is -4.60. The molecule has 1 N–H and O–H groups in total. The molecule has 0 radical (unpaired) electrons. The first-order chi connectivity index (χ1) is 13.4. The molecule has 0 amide bonds. The molecule has 0 aliphatic carbocycles. The summed E-state index contributed by atoms with van der Waals surface area (Å²) in [4.78, 5) is 0.683. The molecule has 0 spiro atoms. The highest BCUT2D eigenvalue weighted by Gasteiger charge is 2.56. The van der Waals surface area contributed by atoms with Crippen molar-refractivity contribution in [2.45, 2.75) is 55.7 Å². The van der Waals surface area contributed by atoms with Crippen LogP contribution >= 0.6 is 23.4 Å². The Labute approximate surface area is 178 Å². The minimum Gasteiger partial charge on any atom is -0.493 e. The Kier molecular flexibility index (Phi) is 6.19. The lowest BCUT2D eigenvalue weighted by atomic mass is 9.74. The van der Waals surface area contributed by atoms with Gasteiger partial charge >= 0.3 is 6.18 Å². The predicted octanol–water partition coefficient (Wildman–Crippen LogP) is 6.34. The predicted molar refractivity (Wildman–Crippen MR) is 111 cm³/mol. The van der Waals surface area contributed by atoms with Crippen molar-refractivity contribution in [1.29, 1.82) is 0 Å². The third-order valence-electron chi connectivity index (χ3n) is 5.24. The summed E-state index contributed by atoms with van der Waals surface area (Å²) in [7, 11) is 0. The van der Waals surface area contributed by atoms with Crippen LogP contribution in [0.15, 0.2) is 41.3 Å². The van der Waals surface area contributed by atoms with E-state index in [-0.39, 0.29) is 0 Å². The lowest BCUT2D eigenvalue weighted by Gasteiger charge is -2.38. The number of aryl methyl sites for hydroxylation is 1. The summed E-state index contributed by atoms with van der Waals surface area (Å²) in [6.45, 7) is 5.77. The zero-order valence-corrected chi connectivity index (χ0v) is 18.1. The van der Waals surface area contributed by atoms with Gasteiger partial charge in [-0.15, -0.1) is 11.8 Å². The topological polar surface area (TPSA) is 29.5 Å². The summed E-state index contributed by atoms with van der Waals surface area (Å²) in [6, 6.07) is 10.6. The Morgan fingerprint density at radius 3 is 2.41 bits per heavy atom. The van der Waals surface area contributed by atoms with E-state index in [4.69, 9.17) is 16.3 Å². The van der Waals surface area contributed by atoms with E-state index in [0.29, 0.717) is 34.3 Å². The van der Waals surface area contributed by atoms with Crippen LogP contribution in [-0.4, -0.2) is 29.2 Å². The van der Waals surface area contributed by atoms with Gasteiger partial charge in [0.25, 0.3) is 0 Å². The molecule has 2 aromatic rings. The summed E-state index contributed by atoms with van der Waals surface area (Å²) in [5.74, 6) is 0.0992. The summed E-state index contributed by atoms with van der Waals surface area (Å²) >= 11 is 7.21. The molecule has 158 valence electrons. The van der Waals surface area contributed by atoms with Crippen molar-refractivity contribution < 1.29 is 23.0 Å². The summed E-state index contributed by atoms with van der Waals surface area (Å²) in [5.41, 5.74) is -1.35. The number of thioether (sulfide) groups is 1. The lowest BCUT2D eigenvalue weighted by Crippen LogP contribution is -2.51. The number of halogens is 4. The van der Waals surface area contributed by atoms with Crippen LogP contribution in [0.5, 0.6) is 5.75 Å². The van der Waals surface area contributed by atoms with Crippen molar-refractivity contribution in [2.24, 2.45) is 0 Å². The number of hydrogen-bond acceptors (Lipinski definition) is 3. The van der Waals surface area contributed by atoms with E-state index in [1.54, 1.807) is 38.1 Å². The molecule has 29 heavy (non-hydrogen) atoms. The Morgan fingerprint density at radius 1 is 1.14 bits per heavy atom. The number of fused-ring (bicyclic) bond motifs is 1. The first-order valence-electron chi connectivity index (χ1n) is 9.36. The fourth-order valence-electron chi connectivity index (χ4n) is 3.67. The highest BCUT2D eigenvalue weighted by atomic mass is 35.5. The molecule has 2 aromatic carbocycles. The number of benzene rings is 2. The van der Waals surface area contributed by atoms with Gasteiger partial charge in [0.15, 0.2) is 5.60 Å². The standard InChI is InChI=1S/C22H24ClF3O2S/c1-14-4-6-17(7-5-14)29-13-21(27,22(24,25)26)12-20(2,3)18-11-16(23)10-15-8-9-28-19(15)18/h4-7,10-11,27H,8-9,12-13H2,1-3H3/t21-/m1/s1. The average molecular weight is 445 g/mol. The van der Waals surface area contributed by atoms with Crippen molar-refractivity contribution >= 4 is 23.4 Å². The van der Waals surface area contributed by atoms with Gasteiger partial charge in [0.2, 0.25) is 0 Å². The Morgan fingerprint density at radius 2 is 1.79 bits per heavy atom. The van der Waals surface area contributed by atoms with Gasteiger partial charge in [-0.3, -0.25) is 0 Å². The first kappa shape index (κ1) is 22.3. The second-order valence-corrected chi connectivity index (χ2v) is 9.72. The molecule has 1 aliphatic rings. The van der Waals surface area contributed by atoms with Gasteiger partial charge in [0, 0.05) is 27.7 Å². The molecule has 7 heteroatoms. The van der Waals surface area contributed by atoms with Crippen LogP contribution in [0.2, 0.25) is 5.02 Å². The zero-order valence-electron chi connectivity index (χ0n) is 16.6. The monoisotopic (exact) mass is 444 g/mol. The molecule has 3 rings (SSSR count). The van der Waals surface area contributed by atoms with Crippen LogP contribution in [0.4, 0.5) is 13.2 Å². The third-order valence-corrected chi connectivity index (χ3v) is 6.68. The number of rotatable bonds is 6. The lowest BCUT2D eigenvalue weighted by molar-refractivity contribution is -0.256. The van der Waals surface area contributed by atoms with Crippen molar-refractivity contribution in [1.82, 2.24) is 0 Å². The maximum Gasteiger partial charge on any atom is 0.418 e. The summed E-state index contributed by atoms with van der Waals surface area (Å²) in [5, 5.41) is 11.2. The number of hydrogen-bond donors (Lipinski definition) is 1. The van der Waals surface area contributed by atoms with Crippen LogP contribution in [0, 0.1) is 6.92 Å². The SMILES string of the molecule is Cc1ccc(SC[C@](O)(CC(C)(C)c2cc(Cl)cc3c2OCC3)C(F)(F)F)cc1. The average Bonchev–Trinajstić information content (AvgIpc) is 3.07. The maximum atomic E-state index is 13.9. The smallest absolute Gasteiger partial charge is 0.418 e. The molecular formula is C22H24ClF3O2S. The van der Waals surface area contributed by atoms with E-state index in [1.165, 1.54) is 0 Å². The van der Waals surface area contributed by atoms with E-state index in [9.17, 15) is 18.3 Å². The van der Waals surface area contributed by atoms with Crippen LogP contribution in [0.1, 0.15) is 37.0 Å². The van der Waals surface area contributed by atoms with Gasteiger partial charge in [0.1, 0.15) is 5.75 Å². The number of alkyl halides is 3. The minimum atomic E-state index is -4.77. The molecule has 0 fully saturated rings. The van der Waals surface area contributed by atoms with Gasteiger partial charge < -0.3 is 9.84 Å². The summed E-state index contributed by atoms with van der Waals surface area (Å²) < 4.78 is 47.5. The van der Waals surface area contributed by atoms with Gasteiger partial charge in [-0.05, 0) is 48.6 Å². The largest absolute Gasteiger partial charge is 0.493 e. The van der Waals surface area contributed by atoms with E-state index in [1.807, 2.05) is 19.1 Å². The van der Waals surface area contributed by atoms with Crippen LogP contribution in [0.3, 0.4) is 0 Å². The quantitative estimate of drug-likeness (QED) is 0.527. The molecule has 0 saturated carbocycles. The number of aliphatic hydroxyl groups is 1. The molecule has 1 aliphatic heterocycles. The third kappa shape index (κ3) is 4.86. The molecule has 0 aromatic heterocycles. The number of ether oxygens (including phenoxy) is 1. The highest BCUT2D eigenvalue weighted by molar-refractivity contribution is 7.99. The van der Waals surface area contributed by atoms with E-state index in [2.05, 4.69) is 0 Å². The van der Waals surface area contributed by atoms with E-state index >= 15 is 0 Å². The molecular weight excluding hydrogens is 421 g/mol. The van der Waals surface area contributed by atoms with Crippen molar-refractivity contribution in [3.8, 4) is 5.75 Å². The van der Waals surface area contributed by atoms with E-state index in [0.717, 1.165) is 22.9 Å². The second kappa shape index (κ2) is 8.05. The Bertz CT molecular complexity index is 881. The van der Waals surface area contributed by atoms with Gasteiger partial charge in [-0.1, -0.05) is 43.1 Å². The van der Waals surface area contributed by atoms with Crippen LogP contribution in [-0.2, 0) is 11.8 Å². The van der Waals surface area contributed by atoms with Gasteiger partial charge in [-0.2, -0.15) is 13.2 Å². The normalized spacial score (nSPS) is 16.3. The first-order valence-corrected chi connectivity index (χ1v) is 10.7. The van der Waals surface area contributed by atoms with E-state index < -0.39 is 29.4 Å². The molecule has 0 unspecified atom stereocenters. The Balaban J connectivity index is 1.89. The molecule has 1 atom stereocenters. The van der Waals surface area contributed by atoms with Crippen LogP contribution in [0.25, 0.3) is 0 Å². The molecule has 2 nitrogen and oxygen atoms in total. The zero-order chi connectivity index (χ0) is 21.4. The Hall–Kier alpha value is -1.37. The van der Waals surface area contributed by atoms with Gasteiger partial charge in [-0.25, -0.2) is 0 Å². The molecule has 0 saturated heterocycles. The fourth-order valence-corrected chi connectivity index (χ4v) is 4.91. The minimum absolute atomic E-state index is 0.460. The highest BCUT2D eigenvalue weighted by Crippen LogP contribution is 2.47.